The standard InChI is InChI=1S/C12H15F3N2O2/c1-17(8-12(13,14)15)11(18)7-19-10-5-3-2-4-9(10)6-16/h2-5H,6-8,16H2,1H3. The van der Waals surface area contributed by atoms with Crippen molar-refractivity contribution >= 4 is 5.91 Å². The Hall–Kier alpha value is -1.76. The van der Waals surface area contributed by atoms with Gasteiger partial charge in [0.1, 0.15) is 12.3 Å². The van der Waals surface area contributed by atoms with Crippen LogP contribution in [0.15, 0.2) is 24.3 Å². The zero-order chi connectivity index (χ0) is 14.5. The molecule has 0 aromatic heterocycles. The van der Waals surface area contributed by atoms with Crippen molar-refractivity contribution in [1.29, 1.82) is 0 Å². The Morgan fingerprint density at radius 1 is 1.37 bits per heavy atom. The molecule has 0 atom stereocenters. The first-order valence-electron chi connectivity index (χ1n) is 5.55. The molecule has 0 unspecified atom stereocenters. The van der Waals surface area contributed by atoms with Crippen LogP contribution in [-0.2, 0) is 11.3 Å². The van der Waals surface area contributed by atoms with Crippen molar-refractivity contribution in [2.75, 3.05) is 20.2 Å². The van der Waals surface area contributed by atoms with E-state index < -0.39 is 25.2 Å². The normalized spacial score (nSPS) is 11.2. The summed E-state index contributed by atoms with van der Waals surface area (Å²) in [6, 6.07) is 6.78. The highest BCUT2D eigenvalue weighted by Crippen LogP contribution is 2.18. The molecule has 0 heterocycles. The van der Waals surface area contributed by atoms with Gasteiger partial charge in [0, 0.05) is 19.2 Å². The van der Waals surface area contributed by atoms with E-state index in [1.807, 2.05) is 0 Å². The van der Waals surface area contributed by atoms with Crippen LogP contribution in [0.2, 0.25) is 0 Å². The van der Waals surface area contributed by atoms with Gasteiger partial charge in [0.25, 0.3) is 5.91 Å². The summed E-state index contributed by atoms with van der Waals surface area (Å²) in [5.41, 5.74) is 6.16. The Morgan fingerprint density at radius 2 is 2.00 bits per heavy atom. The molecule has 1 amide bonds. The molecule has 0 fully saturated rings. The predicted octanol–water partition coefficient (Wildman–Crippen LogP) is 1.54. The van der Waals surface area contributed by atoms with E-state index in [0.29, 0.717) is 16.2 Å². The highest BCUT2D eigenvalue weighted by molar-refractivity contribution is 5.77. The number of rotatable bonds is 5. The average Bonchev–Trinajstić information content (AvgIpc) is 2.34. The van der Waals surface area contributed by atoms with Crippen LogP contribution in [0.1, 0.15) is 5.56 Å². The van der Waals surface area contributed by atoms with Gasteiger partial charge in [-0.05, 0) is 6.07 Å². The fourth-order valence-electron chi connectivity index (χ4n) is 1.42. The van der Waals surface area contributed by atoms with Gasteiger partial charge in [0.2, 0.25) is 0 Å². The minimum Gasteiger partial charge on any atom is -0.483 e. The fraction of sp³-hybridized carbons (Fsp3) is 0.417. The number of benzene rings is 1. The lowest BCUT2D eigenvalue weighted by atomic mass is 10.2. The van der Waals surface area contributed by atoms with E-state index in [0.717, 1.165) is 7.05 Å². The van der Waals surface area contributed by atoms with E-state index in [1.54, 1.807) is 24.3 Å². The lowest BCUT2D eigenvalue weighted by Crippen LogP contribution is -2.38. The van der Waals surface area contributed by atoms with Crippen LogP contribution in [0, 0.1) is 0 Å². The number of ether oxygens (including phenoxy) is 1. The van der Waals surface area contributed by atoms with Gasteiger partial charge in [-0.15, -0.1) is 0 Å². The summed E-state index contributed by atoms with van der Waals surface area (Å²) in [7, 11) is 1.08. The molecule has 0 bridgehead atoms. The van der Waals surface area contributed by atoms with Crippen molar-refractivity contribution in [2.24, 2.45) is 5.73 Å². The van der Waals surface area contributed by atoms with Gasteiger partial charge in [-0.25, -0.2) is 0 Å². The molecule has 19 heavy (non-hydrogen) atoms. The molecule has 0 saturated heterocycles. The second kappa shape index (κ2) is 6.42. The highest BCUT2D eigenvalue weighted by Gasteiger charge is 2.31. The first-order valence-corrected chi connectivity index (χ1v) is 5.55. The molecule has 1 aromatic carbocycles. The van der Waals surface area contributed by atoms with E-state index in [4.69, 9.17) is 10.5 Å². The molecule has 1 aromatic rings. The average molecular weight is 276 g/mol. The van der Waals surface area contributed by atoms with Crippen LogP contribution < -0.4 is 10.5 Å². The van der Waals surface area contributed by atoms with Gasteiger partial charge in [-0.1, -0.05) is 18.2 Å². The maximum absolute atomic E-state index is 12.1. The number of hydrogen-bond acceptors (Lipinski definition) is 3. The zero-order valence-electron chi connectivity index (χ0n) is 10.4. The van der Waals surface area contributed by atoms with Crippen molar-refractivity contribution in [2.45, 2.75) is 12.7 Å². The number of carbonyl (C=O) groups excluding carboxylic acids is 1. The maximum atomic E-state index is 12.1. The van der Waals surface area contributed by atoms with Crippen LogP contribution in [0.4, 0.5) is 13.2 Å². The minimum atomic E-state index is -4.42. The number of alkyl halides is 3. The lowest BCUT2D eigenvalue weighted by Gasteiger charge is -2.19. The summed E-state index contributed by atoms with van der Waals surface area (Å²) in [5.74, 6) is -0.345. The number of amides is 1. The van der Waals surface area contributed by atoms with Crippen molar-refractivity contribution in [3.05, 3.63) is 29.8 Å². The summed E-state index contributed by atoms with van der Waals surface area (Å²) in [6.07, 6.45) is -4.42. The molecule has 4 nitrogen and oxygen atoms in total. The van der Waals surface area contributed by atoms with Crippen molar-refractivity contribution in [3.8, 4) is 5.75 Å². The fourth-order valence-corrected chi connectivity index (χ4v) is 1.42. The van der Waals surface area contributed by atoms with E-state index in [2.05, 4.69) is 0 Å². The first kappa shape index (κ1) is 15.3. The van der Waals surface area contributed by atoms with Crippen LogP contribution >= 0.6 is 0 Å². The molecule has 0 aliphatic heterocycles. The number of nitrogens with two attached hydrogens (primary N) is 1. The maximum Gasteiger partial charge on any atom is 0.406 e. The van der Waals surface area contributed by atoms with Gasteiger partial charge in [-0.2, -0.15) is 13.2 Å². The molecule has 106 valence electrons. The third kappa shape index (κ3) is 5.17. The summed E-state index contributed by atoms with van der Waals surface area (Å²) in [5, 5.41) is 0. The molecule has 2 N–H and O–H groups in total. The van der Waals surface area contributed by atoms with Crippen molar-refractivity contribution < 1.29 is 22.7 Å². The van der Waals surface area contributed by atoms with Gasteiger partial charge >= 0.3 is 6.18 Å². The molecule has 0 saturated carbocycles. The van der Waals surface area contributed by atoms with Gasteiger partial charge in [0.05, 0.1) is 0 Å². The zero-order valence-corrected chi connectivity index (χ0v) is 10.4. The topological polar surface area (TPSA) is 55.6 Å². The highest BCUT2D eigenvalue weighted by atomic mass is 19.4. The van der Waals surface area contributed by atoms with Crippen LogP contribution in [0.3, 0.4) is 0 Å². The van der Waals surface area contributed by atoms with Gasteiger partial charge in [0.15, 0.2) is 6.61 Å². The third-order valence-corrected chi connectivity index (χ3v) is 2.39. The van der Waals surface area contributed by atoms with E-state index >= 15 is 0 Å². The Bertz CT molecular complexity index is 435. The van der Waals surface area contributed by atoms with E-state index in [1.165, 1.54) is 0 Å². The molecule has 0 aliphatic rings. The molecule has 7 heteroatoms. The smallest absolute Gasteiger partial charge is 0.406 e. The van der Waals surface area contributed by atoms with Gasteiger partial charge < -0.3 is 15.4 Å². The predicted molar refractivity (Wildman–Crippen MR) is 63.5 cm³/mol. The summed E-state index contributed by atoms with van der Waals surface area (Å²) in [4.78, 5) is 12.0. The van der Waals surface area contributed by atoms with Gasteiger partial charge in [-0.3, -0.25) is 4.79 Å². The molecule has 0 spiro atoms. The third-order valence-electron chi connectivity index (χ3n) is 2.39. The summed E-state index contributed by atoms with van der Waals surface area (Å²) in [6.45, 7) is -1.53. The van der Waals surface area contributed by atoms with E-state index in [9.17, 15) is 18.0 Å². The summed E-state index contributed by atoms with van der Waals surface area (Å²) >= 11 is 0. The second-order valence-electron chi connectivity index (χ2n) is 3.97. The van der Waals surface area contributed by atoms with Crippen LogP contribution in [0.25, 0.3) is 0 Å². The number of para-hydroxylation sites is 1. The Balaban J connectivity index is 2.54. The Labute approximate surface area is 108 Å². The van der Waals surface area contributed by atoms with Crippen molar-refractivity contribution in [3.63, 3.8) is 0 Å². The number of nitrogens with zero attached hydrogens (tertiary/aromatic N) is 1. The second-order valence-corrected chi connectivity index (χ2v) is 3.97. The molecule has 0 radical (unpaired) electrons. The molecule has 1 rings (SSSR count). The monoisotopic (exact) mass is 276 g/mol. The quantitative estimate of drug-likeness (QED) is 0.887. The number of likely N-dealkylation sites (N-methyl/N-ethyl adjacent to an activating group) is 1. The SMILES string of the molecule is CN(CC(F)(F)F)C(=O)COc1ccccc1CN. The Kier molecular flexibility index (Phi) is 5.17. The van der Waals surface area contributed by atoms with E-state index in [-0.39, 0.29) is 6.54 Å². The largest absolute Gasteiger partial charge is 0.483 e. The van der Waals surface area contributed by atoms with Crippen LogP contribution in [0.5, 0.6) is 5.75 Å². The number of hydrogen-bond donors (Lipinski definition) is 1. The minimum absolute atomic E-state index is 0.225. The molecular weight excluding hydrogens is 261 g/mol. The molecule has 0 aliphatic carbocycles. The van der Waals surface area contributed by atoms with Crippen LogP contribution in [-0.4, -0.2) is 37.2 Å². The van der Waals surface area contributed by atoms with Crippen molar-refractivity contribution in [1.82, 2.24) is 4.90 Å². The number of halogens is 3. The Morgan fingerprint density at radius 3 is 2.58 bits per heavy atom. The number of carbonyl (C=O) groups is 1. The summed E-state index contributed by atoms with van der Waals surface area (Å²) < 4.78 is 41.5. The molecular formula is C12H15F3N2O2. The first-order chi connectivity index (χ1) is 8.83. The lowest BCUT2D eigenvalue weighted by molar-refractivity contribution is -0.159.